The van der Waals surface area contributed by atoms with Gasteiger partial charge in [0.2, 0.25) is 5.91 Å². The summed E-state index contributed by atoms with van der Waals surface area (Å²) in [7, 11) is -3.04. The summed E-state index contributed by atoms with van der Waals surface area (Å²) in [6.45, 7) is 1.75. The van der Waals surface area contributed by atoms with E-state index in [4.69, 9.17) is 4.42 Å². The Bertz CT molecular complexity index is 817. The smallest absolute Gasteiger partial charge is 0.244 e. The molecule has 0 spiro atoms. The summed E-state index contributed by atoms with van der Waals surface area (Å²) in [4.78, 5) is 12.0. The van der Waals surface area contributed by atoms with Crippen molar-refractivity contribution in [3.8, 4) is 0 Å². The molecule has 1 aromatic carbocycles. The number of benzene rings is 1. The van der Waals surface area contributed by atoms with E-state index < -0.39 is 15.4 Å². The maximum atomic E-state index is 12.0. The average Bonchev–Trinajstić information content (AvgIpc) is 2.96. The van der Waals surface area contributed by atoms with Gasteiger partial charge in [-0.25, -0.2) is 8.42 Å². The Labute approximate surface area is 128 Å². The van der Waals surface area contributed by atoms with E-state index in [2.05, 4.69) is 5.32 Å². The number of hydrogen-bond donors (Lipinski definition) is 1. The van der Waals surface area contributed by atoms with Gasteiger partial charge in [-0.3, -0.25) is 4.79 Å². The van der Waals surface area contributed by atoms with Crippen LogP contribution in [0, 0.1) is 0 Å². The molecule has 1 unspecified atom stereocenters. The highest BCUT2D eigenvalue weighted by atomic mass is 32.2. The summed E-state index contributed by atoms with van der Waals surface area (Å²) in [5.41, 5.74) is 0.0742. The molecular weight excluding hydrogens is 302 g/mol. The van der Waals surface area contributed by atoms with E-state index in [9.17, 15) is 13.2 Å². The summed E-state index contributed by atoms with van der Waals surface area (Å²) < 4.78 is 28.6. The number of para-hydroxylation sites is 1. The Hall–Kier alpha value is -2.08. The number of carbonyl (C=O) groups excluding carboxylic acids is 1. The molecule has 3 rings (SSSR count). The highest BCUT2D eigenvalue weighted by Crippen LogP contribution is 2.23. The lowest BCUT2D eigenvalue weighted by atomic mass is 10.0. The van der Waals surface area contributed by atoms with Crippen molar-refractivity contribution in [1.82, 2.24) is 5.32 Å². The predicted molar refractivity (Wildman–Crippen MR) is 85.1 cm³/mol. The molecule has 1 N–H and O–H groups in total. The van der Waals surface area contributed by atoms with E-state index in [1.54, 1.807) is 13.0 Å². The number of amides is 1. The number of sulfone groups is 1. The van der Waals surface area contributed by atoms with E-state index in [1.807, 2.05) is 30.3 Å². The zero-order valence-electron chi connectivity index (χ0n) is 12.2. The molecule has 0 bridgehead atoms. The van der Waals surface area contributed by atoms with Crippen LogP contribution in [-0.4, -0.2) is 31.4 Å². The monoisotopic (exact) mass is 319 g/mol. The van der Waals surface area contributed by atoms with Crippen molar-refractivity contribution in [2.24, 2.45) is 0 Å². The molecule has 116 valence electrons. The van der Waals surface area contributed by atoms with E-state index in [0.29, 0.717) is 12.2 Å². The van der Waals surface area contributed by atoms with Crippen LogP contribution in [0.4, 0.5) is 0 Å². The minimum atomic E-state index is -3.04. The summed E-state index contributed by atoms with van der Waals surface area (Å²) in [6.07, 6.45) is 3.40. The summed E-state index contributed by atoms with van der Waals surface area (Å²) in [6, 6.07) is 9.44. The van der Waals surface area contributed by atoms with Crippen molar-refractivity contribution in [3.63, 3.8) is 0 Å². The van der Waals surface area contributed by atoms with Gasteiger partial charge in [-0.15, -0.1) is 0 Å². The zero-order valence-corrected chi connectivity index (χ0v) is 13.0. The van der Waals surface area contributed by atoms with Gasteiger partial charge in [-0.05, 0) is 31.6 Å². The Morgan fingerprint density at radius 2 is 2.14 bits per heavy atom. The maximum Gasteiger partial charge on any atom is 0.244 e. The van der Waals surface area contributed by atoms with E-state index in [1.165, 1.54) is 6.08 Å². The third-order valence-corrected chi connectivity index (χ3v) is 5.67. The van der Waals surface area contributed by atoms with Crippen LogP contribution in [0.5, 0.6) is 0 Å². The van der Waals surface area contributed by atoms with Crippen LogP contribution in [0.2, 0.25) is 0 Å². The summed E-state index contributed by atoms with van der Waals surface area (Å²) in [5, 5.41) is 3.74. The van der Waals surface area contributed by atoms with Gasteiger partial charge in [0.15, 0.2) is 9.84 Å². The fraction of sp³-hybridized carbons (Fsp3) is 0.312. The van der Waals surface area contributed by atoms with Crippen molar-refractivity contribution in [2.75, 3.05) is 11.5 Å². The fourth-order valence-electron chi connectivity index (χ4n) is 2.69. The molecule has 0 aliphatic carbocycles. The molecule has 1 saturated heterocycles. The van der Waals surface area contributed by atoms with Crippen molar-refractivity contribution in [1.29, 1.82) is 0 Å². The van der Waals surface area contributed by atoms with Gasteiger partial charge in [-0.2, -0.15) is 0 Å². The summed E-state index contributed by atoms with van der Waals surface area (Å²) in [5.74, 6) is 0.377. The zero-order chi connectivity index (χ0) is 15.8. The second kappa shape index (κ2) is 5.28. The average molecular weight is 319 g/mol. The number of fused-ring (bicyclic) bond motifs is 1. The molecular formula is C16H17NO4S. The van der Waals surface area contributed by atoms with Gasteiger partial charge in [-0.1, -0.05) is 18.2 Å². The number of hydrogen-bond acceptors (Lipinski definition) is 4. The molecule has 5 nitrogen and oxygen atoms in total. The van der Waals surface area contributed by atoms with Crippen LogP contribution in [0.25, 0.3) is 17.0 Å². The minimum Gasteiger partial charge on any atom is -0.457 e. The Morgan fingerprint density at radius 3 is 2.82 bits per heavy atom. The third-order valence-electron chi connectivity index (χ3n) is 3.77. The van der Waals surface area contributed by atoms with Crippen LogP contribution < -0.4 is 5.32 Å². The predicted octanol–water partition coefficient (Wildman–Crippen LogP) is 2.14. The molecule has 0 radical (unpaired) electrons. The molecule has 22 heavy (non-hydrogen) atoms. The molecule has 2 heterocycles. The molecule has 1 fully saturated rings. The number of furan rings is 1. The number of rotatable bonds is 3. The minimum absolute atomic E-state index is 0.00970. The summed E-state index contributed by atoms with van der Waals surface area (Å²) >= 11 is 0. The molecule has 1 aromatic heterocycles. The first kappa shape index (κ1) is 14.8. The second-order valence-corrected chi connectivity index (χ2v) is 8.10. The maximum absolute atomic E-state index is 12.0. The highest BCUT2D eigenvalue weighted by molar-refractivity contribution is 7.91. The van der Waals surface area contributed by atoms with E-state index in [0.717, 1.165) is 11.0 Å². The van der Waals surface area contributed by atoms with Gasteiger partial charge in [0.1, 0.15) is 11.3 Å². The largest absolute Gasteiger partial charge is 0.457 e. The molecule has 2 aromatic rings. The molecule has 6 heteroatoms. The Morgan fingerprint density at radius 1 is 1.36 bits per heavy atom. The quantitative estimate of drug-likeness (QED) is 0.879. The molecule has 1 aliphatic heterocycles. The standard InChI is InChI=1S/C16H17NO4S/c1-16(8-9-22(19,20)11-16)17-15(18)7-6-13-10-12-4-2-3-5-14(12)21-13/h2-7,10H,8-9,11H2,1H3,(H,17,18)/b7-6+. The first-order valence-electron chi connectivity index (χ1n) is 7.05. The lowest BCUT2D eigenvalue weighted by Crippen LogP contribution is -2.46. The van der Waals surface area contributed by atoms with Crippen LogP contribution in [0.3, 0.4) is 0 Å². The van der Waals surface area contributed by atoms with Crippen LogP contribution in [0.1, 0.15) is 19.1 Å². The van der Waals surface area contributed by atoms with E-state index in [-0.39, 0.29) is 17.4 Å². The van der Waals surface area contributed by atoms with Crippen molar-refractivity contribution >= 4 is 32.8 Å². The topological polar surface area (TPSA) is 76.4 Å². The van der Waals surface area contributed by atoms with Gasteiger partial charge in [0.05, 0.1) is 17.0 Å². The highest BCUT2D eigenvalue weighted by Gasteiger charge is 2.39. The molecule has 1 aliphatic rings. The van der Waals surface area contributed by atoms with Gasteiger partial charge in [0.25, 0.3) is 0 Å². The SMILES string of the molecule is CC1(NC(=O)/C=C/c2cc3ccccc3o2)CCS(=O)(=O)C1. The van der Waals surface area contributed by atoms with E-state index >= 15 is 0 Å². The van der Waals surface area contributed by atoms with Crippen molar-refractivity contribution in [2.45, 2.75) is 18.9 Å². The normalized spacial score (nSPS) is 24.0. The molecule has 1 atom stereocenters. The van der Waals surface area contributed by atoms with Crippen LogP contribution in [-0.2, 0) is 14.6 Å². The Kier molecular flexibility index (Phi) is 3.56. The van der Waals surface area contributed by atoms with Crippen LogP contribution >= 0.6 is 0 Å². The molecule has 1 amide bonds. The van der Waals surface area contributed by atoms with Crippen molar-refractivity contribution < 1.29 is 17.6 Å². The lowest BCUT2D eigenvalue weighted by molar-refractivity contribution is -0.117. The van der Waals surface area contributed by atoms with Crippen LogP contribution in [0.15, 0.2) is 40.8 Å². The first-order chi connectivity index (χ1) is 10.4. The third kappa shape index (κ3) is 3.22. The van der Waals surface area contributed by atoms with Gasteiger partial charge in [0, 0.05) is 11.5 Å². The van der Waals surface area contributed by atoms with Gasteiger partial charge < -0.3 is 9.73 Å². The molecule has 0 saturated carbocycles. The Balaban J connectivity index is 1.69. The van der Waals surface area contributed by atoms with Gasteiger partial charge >= 0.3 is 0 Å². The fourth-order valence-corrected chi connectivity index (χ4v) is 4.78. The van der Waals surface area contributed by atoms with Crippen molar-refractivity contribution in [3.05, 3.63) is 42.2 Å². The first-order valence-corrected chi connectivity index (χ1v) is 8.87. The number of nitrogens with one attached hydrogen (secondary N) is 1. The number of carbonyl (C=O) groups is 1. The lowest BCUT2D eigenvalue weighted by Gasteiger charge is -2.22. The second-order valence-electron chi connectivity index (χ2n) is 5.91.